The Balaban J connectivity index is 2.48. The zero-order valence-corrected chi connectivity index (χ0v) is 15.3. The van der Waals surface area contributed by atoms with Gasteiger partial charge in [-0.2, -0.15) is 5.10 Å². The van der Waals surface area contributed by atoms with Crippen molar-refractivity contribution >= 4 is 33.5 Å². The number of rotatable bonds is 7. The van der Waals surface area contributed by atoms with Crippen LogP contribution >= 0.6 is 15.9 Å². The van der Waals surface area contributed by atoms with Crippen LogP contribution < -0.4 is 10.2 Å². The highest BCUT2D eigenvalue weighted by molar-refractivity contribution is 9.10. The van der Waals surface area contributed by atoms with Crippen LogP contribution in [0.1, 0.15) is 26.3 Å². The van der Waals surface area contributed by atoms with Crippen LogP contribution in [0.3, 0.4) is 0 Å². The average molecular weight is 385 g/mol. The number of amides is 1. The monoisotopic (exact) mass is 384 g/mol. The zero-order chi connectivity index (χ0) is 17.4. The Morgan fingerprint density at radius 1 is 1.39 bits per heavy atom. The SMILES string of the molecule is CCOC(=O)C(C)/C(C)=N/NC(=O)COc1ccc(Br)c(C)c1. The van der Waals surface area contributed by atoms with E-state index in [4.69, 9.17) is 9.47 Å². The summed E-state index contributed by atoms with van der Waals surface area (Å²) in [5, 5.41) is 3.90. The Bertz CT molecular complexity index is 602. The molecule has 0 aliphatic heterocycles. The summed E-state index contributed by atoms with van der Waals surface area (Å²) in [7, 11) is 0. The summed E-state index contributed by atoms with van der Waals surface area (Å²) in [5.41, 5.74) is 3.85. The van der Waals surface area contributed by atoms with Gasteiger partial charge in [0.2, 0.25) is 0 Å². The van der Waals surface area contributed by atoms with Crippen molar-refractivity contribution in [2.75, 3.05) is 13.2 Å². The predicted octanol–water partition coefficient (Wildman–Crippen LogP) is 2.83. The molecule has 0 radical (unpaired) electrons. The number of esters is 1. The maximum absolute atomic E-state index is 11.7. The van der Waals surface area contributed by atoms with E-state index in [1.807, 2.05) is 19.1 Å². The molecule has 1 unspecified atom stereocenters. The van der Waals surface area contributed by atoms with Gasteiger partial charge in [-0.15, -0.1) is 0 Å². The second-order valence-electron chi connectivity index (χ2n) is 4.96. The second kappa shape index (κ2) is 9.29. The van der Waals surface area contributed by atoms with Crippen LogP contribution in [0.2, 0.25) is 0 Å². The van der Waals surface area contributed by atoms with E-state index in [1.165, 1.54) is 0 Å². The largest absolute Gasteiger partial charge is 0.484 e. The lowest BCUT2D eigenvalue weighted by atomic mass is 10.1. The van der Waals surface area contributed by atoms with Gasteiger partial charge >= 0.3 is 5.97 Å². The molecule has 0 spiro atoms. The molecule has 0 aromatic heterocycles. The maximum atomic E-state index is 11.7. The highest BCUT2D eigenvalue weighted by atomic mass is 79.9. The van der Waals surface area contributed by atoms with E-state index in [-0.39, 0.29) is 12.6 Å². The third-order valence-corrected chi connectivity index (χ3v) is 4.01. The van der Waals surface area contributed by atoms with Gasteiger partial charge in [0.15, 0.2) is 6.61 Å². The second-order valence-corrected chi connectivity index (χ2v) is 5.82. The number of nitrogens with zero attached hydrogens (tertiary/aromatic N) is 1. The fourth-order valence-electron chi connectivity index (χ4n) is 1.57. The third kappa shape index (κ3) is 6.40. The summed E-state index contributed by atoms with van der Waals surface area (Å²) in [6, 6.07) is 5.45. The lowest BCUT2D eigenvalue weighted by molar-refractivity contribution is -0.145. The van der Waals surface area contributed by atoms with Gasteiger partial charge < -0.3 is 9.47 Å². The zero-order valence-electron chi connectivity index (χ0n) is 13.7. The van der Waals surface area contributed by atoms with Crippen molar-refractivity contribution in [3.63, 3.8) is 0 Å². The summed E-state index contributed by atoms with van der Waals surface area (Å²) >= 11 is 3.40. The van der Waals surface area contributed by atoms with Crippen LogP contribution in [0.25, 0.3) is 0 Å². The molecule has 0 bridgehead atoms. The van der Waals surface area contributed by atoms with Crippen LogP contribution in [-0.2, 0) is 14.3 Å². The summed E-state index contributed by atoms with van der Waals surface area (Å²) < 4.78 is 11.3. The van der Waals surface area contributed by atoms with Crippen LogP contribution in [-0.4, -0.2) is 30.8 Å². The van der Waals surface area contributed by atoms with Gasteiger partial charge in [0, 0.05) is 10.2 Å². The Hall–Kier alpha value is -1.89. The van der Waals surface area contributed by atoms with E-state index < -0.39 is 11.8 Å². The number of hydrazone groups is 1. The lowest BCUT2D eigenvalue weighted by Crippen LogP contribution is -2.28. The highest BCUT2D eigenvalue weighted by Crippen LogP contribution is 2.21. The van der Waals surface area contributed by atoms with E-state index in [2.05, 4.69) is 26.5 Å². The van der Waals surface area contributed by atoms with Crippen LogP contribution in [0.4, 0.5) is 0 Å². The van der Waals surface area contributed by atoms with Crippen molar-refractivity contribution in [1.82, 2.24) is 5.43 Å². The Morgan fingerprint density at radius 3 is 2.70 bits per heavy atom. The minimum atomic E-state index is -0.509. The normalized spacial score (nSPS) is 12.5. The molecular weight excluding hydrogens is 364 g/mol. The first-order valence-electron chi connectivity index (χ1n) is 7.23. The molecule has 0 fully saturated rings. The van der Waals surface area contributed by atoms with Crippen molar-refractivity contribution in [1.29, 1.82) is 0 Å². The van der Waals surface area contributed by atoms with Gasteiger partial charge in [0.05, 0.1) is 12.5 Å². The third-order valence-electron chi connectivity index (χ3n) is 3.12. The fraction of sp³-hybridized carbons (Fsp3) is 0.438. The van der Waals surface area contributed by atoms with E-state index in [9.17, 15) is 9.59 Å². The molecule has 7 heteroatoms. The lowest BCUT2D eigenvalue weighted by Gasteiger charge is -2.10. The van der Waals surface area contributed by atoms with Crippen molar-refractivity contribution in [2.24, 2.45) is 11.0 Å². The highest BCUT2D eigenvalue weighted by Gasteiger charge is 2.17. The first-order valence-corrected chi connectivity index (χ1v) is 8.03. The van der Waals surface area contributed by atoms with Gasteiger partial charge in [-0.1, -0.05) is 15.9 Å². The molecule has 126 valence electrons. The minimum absolute atomic E-state index is 0.161. The number of nitrogens with one attached hydrogen (secondary N) is 1. The standard InChI is InChI=1S/C16H21BrN2O4/c1-5-22-16(21)11(3)12(4)18-19-15(20)9-23-13-6-7-14(17)10(2)8-13/h6-8,11H,5,9H2,1-4H3,(H,19,20)/b18-12+. The predicted molar refractivity (Wildman–Crippen MR) is 91.4 cm³/mol. The quantitative estimate of drug-likeness (QED) is 0.445. The summed E-state index contributed by atoms with van der Waals surface area (Å²) in [6.07, 6.45) is 0. The molecule has 1 aromatic rings. The molecule has 1 aromatic carbocycles. The van der Waals surface area contributed by atoms with Gasteiger partial charge in [-0.05, 0) is 51.5 Å². The van der Waals surface area contributed by atoms with Crippen LogP contribution in [0.15, 0.2) is 27.8 Å². The van der Waals surface area contributed by atoms with Crippen molar-refractivity contribution in [2.45, 2.75) is 27.7 Å². The van der Waals surface area contributed by atoms with Gasteiger partial charge in [-0.25, -0.2) is 5.43 Å². The molecule has 1 N–H and O–H groups in total. The smallest absolute Gasteiger partial charge is 0.314 e. The molecule has 1 atom stereocenters. The molecule has 1 rings (SSSR count). The molecule has 0 saturated heterocycles. The molecule has 0 aliphatic carbocycles. The van der Waals surface area contributed by atoms with E-state index in [0.29, 0.717) is 18.1 Å². The van der Waals surface area contributed by atoms with E-state index in [1.54, 1.807) is 26.8 Å². The molecule has 0 saturated carbocycles. The molecular formula is C16H21BrN2O4. The molecule has 0 aliphatic rings. The number of halogens is 1. The Morgan fingerprint density at radius 2 is 2.09 bits per heavy atom. The van der Waals surface area contributed by atoms with Gasteiger partial charge in [-0.3, -0.25) is 9.59 Å². The molecule has 0 heterocycles. The number of carbonyl (C=O) groups excluding carboxylic acids is 2. The summed E-state index contributed by atoms with van der Waals surface area (Å²) in [6.45, 7) is 7.14. The molecule has 1 amide bonds. The van der Waals surface area contributed by atoms with Crippen LogP contribution in [0.5, 0.6) is 5.75 Å². The first-order chi connectivity index (χ1) is 10.8. The topological polar surface area (TPSA) is 77.0 Å². The van der Waals surface area contributed by atoms with E-state index >= 15 is 0 Å². The number of carbonyl (C=O) groups is 2. The van der Waals surface area contributed by atoms with Gasteiger partial charge in [0.25, 0.3) is 5.91 Å². The molecule has 6 nitrogen and oxygen atoms in total. The van der Waals surface area contributed by atoms with Crippen molar-refractivity contribution in [3.8, 4) is 5.75 Å². The Kier molecular flexibility index (Phi) is 7.74. The summed E-state index contributed by atoms with van der Waals surface area (Å²) in [5.74, 6) is -0.683. The van der Waals surface area contributed by atoms with Crippen LogP contribution in [0, 0.1) is 12.8 Å². The minimum Gasteiger partial charge on any atom is -0.484 e. The van der Waals surface area contributed by atoms with Crippen molar-refractivity contribution in [3.05, 3.63) is 28.2 Å². The molecule has 23 heavy (non-hydrogen) atoms. The number of hydrogen-bond acceptors (Lipinski definition) is 5. The van der Waals surface area contributed by atoms with E-state index in [0.717, 1.165) is 10.0 Å². The fourth-order valence-corrected chi connectivity index (χ4v) is 1.82. The number of aryl methyl sites for hydroxylation is 1. The average Bonchev–Trinajstić information content (AvgIpc) is 2.53. The first kappa shape index (κ1) is 19.2. The number of benzene rings is 1. The summed E-state index contributed by atoms with van der Waals surface area (Å²) in [4.78, 5) is 23.3. The Labute approximate surface area is 144 Å². The van der Waals surface area contributed by atoms with Gasteiger partial charge in [0.1, 0.15) is 5.75 Å². The van der Waals surface area contributed by atoms with Crippen molar-refractivity contribution < 1.29 is 19.1 Å². The maximum Gasteiger partial charge on any atom is 0.314 e. The number of ether oxygens (including phenoxy) is 2. The number of hydrogen-bond donors (Lipinski definition) is 1.